The Balaban J connectivity index is 3.76. The van der Waals surface area contributed by atoms with Crippen LogP contribution in [0.5, 0.6) is 0 Å². The van der Waals surface area contributed by atoms with Crippen molar-refractivity contribution in [3.05, 3.63) is 0 Å². The van der Waals surface area contributed by atoms with E-state index in [0.29, 0.717) is 5.92 Å². The molecule has 0 fully saturated rings. The average Bonchev–Trinajstić information content (AvgIpc) is 1.90. The van der Waals surface area contributed by atoms with E-state index >= 15 is 0 Å². The lowest BCUT2D eigenvalue weighted by Gasteiger charge is -2.23. The first-order chi connectivity index (χ1) is 4.63. The van der Waals surface area contributed by atoms with Crippen molar-refractivity contribution < 1.29 is 9.47 Å². The van der Waals surface area contributed by atoms with Gasteiger partial charge in [0.15, 0.2) is 6.29 Å². The lowest BCUT2D eigenvalue weighted by atomic mass is 10.1. The van der Waals surface area contributed by atoms with Crippen molar-refractivity contribution in [1.82, 2.24) is 0 Å². The lowest BCUT2D eigenvalue weighted by molar-refractivity contribution is -0.123. The van der Waals surface area contributed by atoms with Gasteiger partial charge in [-0.2, -0.15) is 0 Å². The van der Waals surface area contributed by atoms with Crippen LogP contribution in [0.3, 0.4) is 0 Å². The minimum Gasteiger partial charge on any atom is -0.354 e. The summed E-state index contributed by atoms with van der Waals surface area (Å²) in [7, 11) is 3.19. The van der Waals surface area contributed by atoms with Gasteiger partial charge in [0.1, 0.15) is 0 Å². The Morgan fingerprint density at radius 1 is 1.10 bits per heavy atom. The Kier molecular flexibility index (Phi) is 4.60. The van der Waals surface area contributed by atoms with Gasteiger partial charge in [-0.3, -0.25) is 0 Å². The average molecular weight is 147 g/mol. The van der Waals surface area contributed by atoms with E-state index in [-0.39, 0.29) is 12.3 Å². The molecule has 0 rings (SSSR count). The molecule has 0 amide bonds. The molecule has 0 spiro atoms. The smallest absolute Gasteiger partial charge is 0.172 e. The van der Waals surface area contributed by atoms with E-state index in [4.69, 9.17) is 15.2 Å². The zero-order valence-corrected chi connectivity index (χ0v) is 7.13. The van der Waals surface area contributed by atoms with Gasteiger partial charge in [0.05, 0.1) is 6.04 Å². The van der Waals surface area contributed by atoms with Crippen LogP contribution < -0.4 is 5.73 Å². The fraction of sp³-hybridized carbons (Fsp3) is 1.00. The van der Waals surface area contributed by atoms with Gasteiger partial charge in [0, 0.05) is 14.2 Å². The van der Waals surface area contributed by atoms with Crippen LogP contribution in [-0.2, 0) is 9.47 Å². The van der Waals surface area contributed by atoms with Crippen molar-refractivity contribution in [2.24, 2.45) is 11.7 Å². The molecule has 2 N–H and O–H groups in total. The maximum atomic E-state index is 5.73. The quantitative estimate of drug-likeness (QED) is 0.592. The highest BCUT2D eigenvalue weighted by molar-refractivity contribution is 4.68. The predicted molar refractivity (Wildman–Crippen MR) is 40.6 cm³/mol. The molecule has 0 heterocycles. The summed E-state index contributed by atoms with van der Waals surface area (Å²) in [6, 6.07) is -0.0463. The fourth-order valence-corrected chi connectivity index (χ4v) is 0.725. The van der Waals surface area contributed by atoms with Crippen LogP contribution in [0.2, 0.25) is 0 Å². The molecule has 10 heavy (non-hydrogen) atoms. The maximum absolute atomic E-state index is 5.73. The minimum absolute atomic E-state index is 0.0463. The molecular formula is C7H17NO2. The van der Waals surface area contributed by atoms with Gasteiger partial charge in [0.25, 0.3) is 0 Å². The van der Waals surface area contributed by atoms with Crippen LogP contribution in [0.15, 0.2) is 0 Å². The van der Waals surface area contributed by atoms with Gasteiger partial charge in [-0.15, -0.1) is 0 Å². The Labute approximate surface area is 62.5 Å². The summed E-state index contributed by atoms with van der Waals surface area (Å²) in [6.07, 6.45) is -0.278. The summed E-state index contributed by atoms with van der Waals surface area (Å²) in [4.78, 5) is 0. The van der Waals surface area contributed by atoms with Crippen molar-refractivity contribution in [2.75, 3.05) is 14.2 Å². The van der Waals surface area contributed by atoms with Crippen LogP contribution in [-0.4, -0.2) is 26.6 Å². The van der Waals surface area contributed by atoms with Crippen molar-refractivity contribution in [3.8, 4) is 0 Å². The molecule has 0 aromatic carbocycles. The number of ether oxygens (including phenoxy) is 2. The third-order valence-corrected chi connectivity index (χ3v) is 1.55. The zero-order chi connectivity index (χ0) is 8.15. The molecule has 0 saturated carbocycles. The highest BCUT2D eigenvalue weighted by Gasteiger charge is 2.18. The van der Waals surface area contributed by atoms with Gasteiger partial charge in [-0.1, -0.05) is 13.8 Å². The van der Waals surface area contributed by atoms with Crippen LogP contribution in [0.4, 0.5) is 0 Å². The van der Waals surface area contributed by atoms with Crippen molar-refractivity contribution in [2.45, 2.75) is 26.2 Å². The Morgan fingerprint density at radius 3 is 1.60 bits per heavy atom. The molecule has 1 atom stereocenters. The second-order valence-corrected chi connectivity index (χ2v) is 2.66. The van der Waals surface area contributed by atoms with Crippen LogP contribution in [0.25, 0.3) is 0 Å². The molecule has 0 aromatic rings. The fourth-order valence-electron chi connectivity index (χ4n) is 0.725. The van der Waals surface area contributed by atoms with Gasteiger partial charge >= 0.3 is 0 Å². The van der Waals surface area contributed by atoms with Crippen molar-refractivity contribution in [1.29, 1.82) is 0 Å². The summed E-state index contributed by atoms with van der Waals surface area (Å²) in [6.45, 7) is 4.07. The molecule has 3 heteroatoms. The van der Waals surface area contributed by atoms with E-state index in [1.165, 1.54) is 0 Å². The predicted octanol–water partition coefficient (Wildman–Crippen LogP) is 0.589. The van der Waals surface area contributed by atoms with E-state index < -0.39 is 0 Å². The van der Waals surface area contributed by atoms with Crippen LogP contribution in [0.1, 0.15) is 13.8 Å². The Hall–Kier alpha value is -0.120. The van der Waals surface area contributed by atoms with Gasteiger partial charge < -0.3 is 15.2 Å². The molecule has 3 nitrogen and oxygen atoms in total. The molecule has 0 saturated heterocycles. The van der Waals surface area contributed by atoms with Crippen molar-refractivity contribution in [3.63, 3.8) is 0 Å². The summed E-state index contributed by atoms with van der Waals surface area (Å²) in [5.74, 6) is 0.380. The first kappa shape index (κ1) is 9.88. The van der Waals surface area contributed by atoms with Crippen LogP contribution in [0, 0.1) is 5.92 Å². The van der Waals surface area contributed by atoms with E-state index in [1.54, 1.807) is 14.2 Å². The highest BCUT2D eigenvalue weighted by Crippen LogP contribution is 2.06. The highest BCUT2D eigenvalue weighted by atomic mass is 16.7. The maximum Gasteiger partial charge on any atom is 0.172 e. The standard InChI is InChI=1S/C7H17NO2/c1-5(2)6(8)7(9-3)10-4/h5-7H,8H2,1-4H3/t6-/m0/s1. The first-order valence-electron chi connectivity index (χ1n) is 3.44. The lowest BCUT2D eigenvalue weighted by Crippen LogP contribution is -2.41. The third-order valence-electron chi connectivity index (χ3n) is 1.55. The molecule has 0 radical (unpaired) electrons. The molecule has 0 unspecified atom stereocenters. The van der Waals surface area contributed by atoms with E-state index in [0.717, 1.165) is 0 Å². The summed E-state index contributed by atoms with van der Waals surface area (Å²) in [5.41, 5.74) is 5.73. The second-order valence-electron chi connectivity index (χ2n) is 2.66. The van der Waals surface area contributed by atoms with Crippen molar-refractivity contribution >= 4 is 0 Å². The summed E-state index contributed by atoms with van der Waals surface area (Å²) >= 11 is 0. The zero-order valence-electron chi connectivity index (χ0n) is 7.13. The largest absolute Gasteiger partial charge is 0.354 e. The van der Waals surface area contributed by atoms with Gasteiger partial charge in [-0.25, -0.2) is 0 Å². The normalized spacial score (nSPS) is 14.7. The van der Waals surface area contributed by atoms with E-state index in [1.807, 2.05) is 13.8 Å². The van der Waals surface area contributed by atoms with E-state index in [9.17, 15) is 0 Å². The van der Waals surface area contributed by atoms with Gasteiger partial charge in [-0.05, 0) is 5.92 Å². The van der Waals surface area contributed by atoms with E-state index in [2.05, 4.69) is 0 Å². The third kappa shape index (κ3) is 2.64. The number of hydrogen-bond donors (Lipinski definition) is 1. The Bertz CT molecular complexity index is 81.7. The Morgan fingerprint density at radius 2 is 1.50 bits per heavy atom. The first-order valence-corrected chi connectivity index (χ1v) is 3.44. The molecule has 0 aliphatic heterocycles. The molecule has 0 aromatic heterocycles. The number of hydrogen-bond acceptors (Lipinski definition) is 3. The van der Waals surface area contributed by atoms with Crippen LogP contribution >= 0.6 is 0 Å². The molecule has 0 aliphatic carbocycles. The monoisotopic (exact) mass is 147 g/mol. The number of methoxy groups -OCH3 is 2. The topological polar surface area (TPSA) is 44.5 Å². The number of nitrogens with two attached hydrogens (primary N) is 1. The second kappa shape index (κ2) is 4.66. The molecular weight excluding hydrogens is 130 g/mol. The number of rotatable bonds is 4. The minimum atomic E-state index is -0.278. The summed E-state index contributed by atoms with van der Waals surface area (Å²) < 4.78 is 9.95. The molecule has 0 bridgehead atoms. The molecule has 62 valence electrons. The summed E-state index contributed by atoms with van der Waals surface area (Å²) in [5, 5.41) is 0. The van der Waals surface area contributed by atoms with Gasteiger partial charge in [0.2, 0.25) is 0 Å². The molecule has 0 aliphatic rings. The SMILES string of the molecule is COC(OC)[C@@H](N)C(C)C.